The standard InChI is InChI=1S/C14H13N3O/c1-7-5-10-13-11(6-7)16-17-14(18)8-3-2-4-9(15-10)12(8)13/h2-4,7,10,15H,5-6H2,1H3. The normalized spacial score (nSPS) is 24.1. The smallest absolute Gasteiger partial charge is 0.296 e. The molecule has 0 radical (unpaired) electrons. The van der Waals surface area contributed by atoms with E-state index in [2.05, 4.69) is 22.4 Å². The maximum Gasteiger partial charge on any atom is 0.296 e. The van der Waals surface area contributed by atoms with Crippen molar-refractivity contribution >= 4 is 16.5 Å². The SMILES string of the molecule is CC1Cc2nnc(=O)c3cccc4c3c2C(C1)N4. The Balaban J connectivity index is 2.22. The lowest BCUT2D eigenvalue weighted by Gasteiger charge is -2.24. The van der Waals surface area contributed by atoms with Crippen LogP contribution in [-0.2, 0) is 6.42 Å². The van der Waals surface area contributed by atoms with Gasteiger partial charge in [0.1, 0.15) is 0 Å². The Morgan fingerprint density at radius 2 is 2.22 bits per heavy atom. The second-order valence-electron chi connectivity index (χ2n) is 5.34. The fourth-order valence-corrected chi connectivity index (χ4v) is 3.28. The van der Waals surface area contributed by atoms with Crippen LogP contribution in [0.25, 0.3) is 10.8 Å². The summed E-state index contributed by atoms with van der Waals surface area (Å²) in [5.74, 6) is 0.575. The van der Waals surface area contributed by atoms with Crippen molar-refractivity contribution in [3.8, 4) is 0 Å². The van der Waals surface area contributed by atoms with E-state index in [4.69, 9.17) is 0 Å². The van der Waals surface area contributed by atoms with E-state index in [-0.39, 0.29) is 5.56 Å². The highest BCUT2D eigenvalue weighted by atomic mass is 16.1. The molecule has 0 amide bonds. The Morgan fingerprint density at radius 3 is 3.11 bits per heavy atom. The molecule has 4 heteroatoms. The van der Waals surface area contributed by atoms with Crippen LogP contribution < -0.4 is 10.9 Å². The predicted octanol–water partition coefficient (Wildman–Crippen LogP) is 2.04. The molecule has 90 valence electrons. The van der Waals surface area contributed by atoms with Crippen molar-refractivity contribution in [3.63, 3.8) is 0 Å². The molecule has 2 heterocycles. The van der Waals surface area contributed by atoms with E-state index in [0.29, 0.717) is 17.3 Å². The van der Waals surface area contributed by atoms with Gasteiger partial charge in [-0.25, -0.2) is 0 Å². The maximum absolute atomic E-state index is 12.0. The van der Waals surface area contributed by atoms with Crippen LogP contribution in [0.3, 0.4) is 0 Å². The van der Waals surface area contributed by atoms with Crippen molar-refractivity contribution < 1.29 is 0 Å². The Hall–Kier alpha value is -1.97. The van der Waals surface area contributed by atoms with Gasteiger partial charge in [-0.1, -0.05) is 13.0 Å². The lowest BCUT2D eigenvalue weighted by atomic mass is 9.85. The molecule has 0 saturated carbocycles. The molecule has 1 aromatic carbocycles. The lowest BCUT2D eigenvalue weighted by molar-refractivity contribution is 0.452. The quantitative estimate of drug-likeness (QED) is 0.764. The minimum atomic E-state index is -0.226. The van der Waals surface area contributed by atoms with Crippen LogP contribution in [0, 0.1) is 5.92 Å². The van der Waals surface area contributed by atoms with E-state index in [9.17, 15) is 4.79 Å². The minimum Gasteiger partial charge on any atom is -0.378 e. The monoisotopic (exact) mass is 239 g/mol. The molecule has 1 N–H and O–H groups in total. The molecule has 4 nitrogen and oxygen atoms in total. The van der Waals surface area contributed by atoms with Gasteiger partial charge in [0.25, 0.3) is 5.56 Å². The number of anilines is 1. The molecular formula is C14H13N3O. The fraction of sp³-hybridized carbons (Fsp3) is 0.357. The van der Waals surface area contributed by atoms with Crippen LogP contribution in [0.5, 0.6) is 0 Å². The van der Waals surface area contributed by atoms with Gasteiger partial charge in [-0.3, -0.25) is 4.79 Å². The highest BCUT2D eigenvalue weighted by Crippen LogP contribution is 2.44. The number of nitrogens with one attached hydrogen (secondary N) is 1. The molecule has 2 atom stereocenters. The summed E-state index contributed by atoms with van der Waals surface area (Å²) in [6.45, 7) is 2.22. The Morgan fingerprint density at radius 1 is 1.33 bits per heavy atom. The van der Waals surface area contributed by atoms with E-state index in [1.807, 2.05) is 18.2 Å². The van der Waals surface area contributed by atoms with E-state index in [1.165, 1.54) is 5.56 Å². The van der Waals surface area contributed by atoms with Crippen LogP contribution in [0.15, 0.2) is 23.0 Å². The summed E-state index contributed by atoms with van der Waals surface area (Å²) < 4.78 is 0. The third-order valence-corrected chi connectivity index (χ3v) is 3.99. The van der Waals surface area contributed by atoms with Gasteiger partial charge in [-0.2, -0.15) is 5.10 Å². The van der Waals surface area contributed by atoms with Crippen LogP contribution in [0.2, 0.25) is 0 Å². The average Bonchev–Trinajstić information content (AvgIpc) is 2.65. The number of aromatic nitrogens is 2. The molecular weight excluding hydrogens is 226 g/mol. The molecule has 0 bridgehead atoms. The number of hydrogen-bond acceptors (Lipinski definition) is 4. The second kappa shape index (κ2) is 3.28. The summed E-state index contributed by atoms with van der Waals surface area (Å²) in [6.07, 6.45) is 2.01. The fourth-order valence-electron chi connectivity index (χ4n) is 3.28. The topological polar surface area (TPSA) is 54.9 Å². The van der Waals surface area contributed by atoms with Gasteiger partial charge in [-0.05, 0) is 30.9 Å². The summed E-state index contributed by atoms with van der Waals surface area (Å²) in [7, 11) is 0. The summed E-state index contributed by atoms with van der Waals surface area (Å²) in [5.41, 5.74) is 3.02. The summed E-state index contributed by atoms with van der Waals surface area (Å²) >= 11 is 0. The first-order valence-electron chi connectivity index (χ1n) is 6.33. The molecule has 18 heavy (non-hydrogen) atoms. The van der Waals surface area contributed by atoms with Crippen molar-refractivity contribution in [1.29, 1.82) is 0 Å². The first-order valence-corrected chi connectivity index (χ1v) is 6.33. The lowest BCUT2D eigenvalue weighted by Crippen LogP contribution is -2.19. The summed E-state index contributed by atoms with van der Waals surface area (Å²) in [5, 5.41) is 13.3. The van der Waals surface area contributed by atoms with E-state index >= 15 is 0 Å². The minimum absolute atomic E-state index is 0.226. The largest absolute Gasteiger partial charge is 0.378 e. The zero-order valence-corrected chi connectivity index (χ0v) is 10.1. The average molecular weight is 239 g/mol. The highest BCUT2D eigenvalue weighted by molar-refractivity contribution is 5.99. The van der Waals surface area contributed by atoms with Crippen LogP contribution in [-0.4, -0.2) is 10.2 Å². The molecule has 0 fully saturated rings. The maximum atomic E-state index is 12.0. The first-order chi connectivity index (χ1) is 8.74. The molecule has 4 rings (SSSR count). The molecule has 1 aromatic heterocycles. The number of hydrogen-bond donors (Lipinski definition) is 1. The third-order valence-electron chi connectivity index (χ3n) is 3.99. The number of rotatable bonds is 0. The second-order valence-corrected chi connectivity index (χ2v) is 5.34. The molecule has 2 aromatic rings. The zero-order valence-electron chi connectivity index (χ0n) is 10.1. The van der Waals surface area contributed by atoms with Crippen LogP contribution in [0.4, 0.5) is 5.69 Å². The van der Waals surface area contributed by atoms with Crippen molar-refractivity contribution in [2.24, 2.45) is 5.92 Å². The summed E-state index contributed by atoms with van der Waals surface area (Å²) in [6, 6.07) is 6.08. The Labute approximate surface area is 104 Å². The van der Waals surface area contributed by atoms with Crippen molar-refractivity contribution in [1.82, 2.24) is 10.2 Å². The van der Waals surface area contributed by atoms with Gasteiger partial charge in [0.2, 0.25) is 0 Å². The van der Waals surface area contributed by atoms with Gasteiger partial charge in [0.05, 0.1) is 17.1 Å². The molecule has 0 spiro atoms. The highest BCUT2D eigenvalue weighted by Gasteiger charge is 2.33. The van der Waals surface area contributed by atoms with Crippen LogP contribution >= 0.6 is 0 Å². The van der Waals surface area contributed by atoms with E-state index in [1.54, 1.807) is 0 Å². The number of nitrogens with zero attached hydrogens (tertiary/aromatic N) is 2. The van der Waals surface area contributed by atoms with Crippen molar-refractivity contribution in [2.45, 2.75) is 25.8 Å². The van der Waals surface area contributed by atoms with E-state index in [0.717, 1.165) is 29.6 Å². The number of benzene rings is 1. The first kappa shape index (κ1) is 10.00. The van der Waals surface area contributed by atoms with Gasteiger partial charge in [0.15, 0.2) is 0 Å². The molecule has 0 saturated heterocycles. The van der Waals surface area contributed by atoms with Crippen molar-refractivity contribution in [3.05, 3.63) is 39.8 Å². The Kier molecular flexibility index (Phi) is 1.82. The Bertz CT molecular complexity index is 726. The van der Waals surface area contributed by atoms with Gasteiger partial charge >= 0.3 is 0 Å². The molecule has 2 aliphatic rings. The van der Waals surface area contributed by atoms with Gasteiger partial charge in [0, 0.05) is 16.6 Å². The predicted molar refractivity (Wildman–Crippen MR) is 69.7 cm³/mol. The zero-order chi connectivity index (χ0) is 12.3. The molecule has 1 aliphatic carbocycles. The summed E-state index contributed by atoms with van der Waals surface area (Å²) in [4.78, 5) is 12.0. The van der Waals surface area contributed by atoms with Crippen molar-refractivity contribution in [2.75, 3.05) is 5.32 Å². The van der Waals surface area contributed by atoms with Gasteiger partial charge < -0.3 is 5.32 Å². The van der Waals surface area contributed by atoms with Gasteiger partial charge in [-0.15, -0.1) is 5.10 Å². The molecule has 2 unspecified atom stereocenters. The third kappa shape index (κ3) is 1.17. The molecule has 1 aliphatic heterocycles. The van der Waals surface area contributed by atoms with E-state index < -0.39 is 0 Å². The van der Waals surface area contributed by atoms with Crippen LogP contribution in [0.1, 0.15) is 30.6 Å².